The third-order valence-corrected chi connectivity index (χ3v) is 3.98. The number of amides is 1. The molecule has 0 spiro atoms. The summed E-state index contributed by atoms with van der Waals surface area (Å²) in [6.07, 6.45) is 0. The van der Waals surface area contributed by atoms with Gasteiger partial charge in [-0.2, -0.15) is 0 Å². The Bertz CT molecular complexity index is 502. The van der Waals surface area contributed by atoms with E-state index in [0.717, 1.165) is 35.9 Å². The first kappa shape index (κ1) is 15.1. The fourth-order valence-electron chi connectivity index (χ4n) is 2.54. The zero-order valence-corrected chi connectivity index (χ0v) is 13.0. The van der Waals surface area contributed by atoms with Gasteiger partial charge in [-0.15, -0.1) is 0 Å². The molecular formula is C15H22ClN3O. The minimum absolute atomic E-state index is 0.0631. The molecule has 1 fully saturated rings. The van der Waals surface area contributed by atoms with Crippen LogP contribution in [0, 0.1) is 0 Å². The molecule has 0 aromatic heterocycles. The number of hydrogen-bond donors (Lipinski definition) is 2. The van der Waals surface area contributed by atoms with Crippen LogP contribution in [0.3, 0.4) is 0 Å². The monoisotopic (exact) mass is 295 g/mol. The molecule has 1 aliphatic rings. The van der Waals surface area contributed by atoms with Crippen LogP contribution in [0.5, 0.6) is 0 Å². The molecule has 1 saturated heterocycles. The molecule has 0 bridgehead atoms. The number of nitrogens with zero attached hydrogens (tertiary/aromatic N) is 1. The first-order valence-electron chi connectivity index (χ1n) is 7.02. The molecule has 0 aliphatic carbocycles. The molecule has 2 rings (SSSR count). The van der Waals surface area contributed by atoms with Crippen molar-refractivity contribution in [2.75, 3.05) is 24.5 Å². The highest BCUT2D eigenvalue weighted by atomic mass is 35.5. The van der Waals surface area contributed by atoms with Gasteiger partial charge in [0.25, 0.3) is 0 Å². The van der Waals surface area contributed by atoms with E-state index in [1.54, 1.807) is 0 Å². The topological polar surface area (TPSA) is 44.4 Å². The Kier molecular flexibility index (Phi) is 4.55. The summed E-state index contributed by atoms with van der Waals surface area (Å²) in [5.74, 6) is 0.0631. The van der Waals surface area contributed by atoms with Crippen molar-refractivity contribution in [3.05, 3.63) is 28.8 Å². The summed E-state index contributed by atoms with van der Waals surface area (Å²) in [5.41, 5.74) is 1.66. The molecule has 1 heterocycles. The normalized spacial score (nSPS) is 18.0. The van der Waals surface area contributed by atoms with Crippen molar-refractivity contribution in [2.45, 2.75) is 32.9 Å². The fourth-order valence-corrected chi connectivity index (χ4v) is 2.73. The van der Waals surface area contributed by atoms with Crippen molar-refractivity contribution in [3.8, 4) is 0 Å². The van der Waals surface area contributed by atoms with Gasteiger partial charge >= 0.3 is 0 Å². The SMILES string of the molecule is CCNCc1cc(Cl)ccc1N1CCNC(=O)C1(C)C. The van der Waals surface area contributed by atoms with Crippen LogP contribution in [0.25, 0.3) is 0 Å². The Labute approximate surface area is 125 Å². The molecule has 0 saturated carbocycles. The summed E-state index contributed by atoms with van der Waals surface area (Å²) in [7, 11) is 0. The van der Waals surface area contributed by atoms with Crippen LogP contribution in [0.2, 0.25) is 5.02 Å². The van der Waals surface area contributed by atoms with Crippen molar-refractivity contribution in [3.63, 3.8) is 0 Å². The summed E-state index contributed by atoms with van der Waals surface area (Å²) in [5, 5.41) is 6.97. The standard InChI is InChI=1S/C15H22ClN3O/c1-4-17-10-11-9-12(16)5-6-13(11)19-8-7-18-14(20)15(19,2)3/h5-6,9,17H,4,7-8,10H2,1-3H3,(H,18,20). The van der Waals surface area contributed by atoms with Crippen LogP contribution in [0.4, 0.5) is 5.69 Å². The molecule has 2 N–H and O–H groups in total. The second kappa shape index (κ2) is 6.02. The molecule has 110 valence electrons. The number of anilines is 1. The van der Waals surface area contributed by atoms with E-state index in [4.69, 9.17) is 11.6 Å². The predicted molar refractivity (Wildman–Crippen MR) is 83.3 cm³/mol. The summed E-state index contributed by atoms with van der Waals surface area (Å²) in [4.78, 5) is 14.3. The maximum absolute atomic E-state index is 12.1. The summed E-state index contributed by atoms with van der Waals surface area (Å²) in [6.45, 7) is 9.10. The van der Waals surface area contributed by atoms with E-state index in [0.29, 0.717) is 6.54 Å². The number of carbonyl (C=O) groups excluding carboxylic acids is 1. The highest BCUT2D eigenvalue weighted by Crippen LogP contribution is 2.31. The second-order valence-electron chi connectivity index (χ2n) is 5.52. The van der Waals surface area contributed by atoms with E-state index in [1.165, 1.54) is 0 Å². The first-order valence-corrected chi connectivity index (χ1v) is 7.39. The Balaban J connectivity index is 2.37. The lowest BCUT2D eigenvalue weighted by atomic mass is 9.96. The van der Waals surface area contributed by atoms with Gasteiger partial charge in [-0.05, 0) is 44.2 Å². The van der Waals surface area contributed by atoms with Gasteiger partial charge in [-0.1, -0.05) is 18.5 Å². The van der Waals surface area contributed by atoms with Crippen LogP contribution in [0.15, 0.2) is 18.2 Å². The zero-order chi connectivity index (χ0) is 14.8. The second-order valence-corrected chi connectivity index (χ2v) is 5.96. The molecule has 0 unspecified atom stereocenters. The molecule has 1 aromatic carbocycles. The predicted octanol–water partition coefficient (Wildman–Crippen LogP) is 2.16. The van der Waals surface area contributed by atoms with Gasteiger partial charge in [0.2, 0.25) is 5.91 Å². The maximum Gasteiger partial charge on any atom is 0.245 e. The molecule has 5 heteroatoms. The van der Waals surface area contributed by atoms with Crippen molar-refractivity contribution < 1.29 is 4.79 Å². The van der Waals surface area contributed by atoms with Gasteiger partial charge < -0.3 is 15.5 Å². The number of nitrogens with one attached hydrogen (secondary N) is 2. The van der Waals surface area contributed by atoms with E-state index < -0.39 is 5.54 Å². The number of halogens is 1. The van der Waals surface area contributed by atoms with E-state index in [-0.39, 0.29) is 5.91 Å². The lowest BCUT2D eigenvalue weighted by molar-refractivity contribution is -0.126. The molecule has 0 radical (unpaired) electrons. The molecule has 1 aromatic rings. The molecule has 4 nitrogen and oxygen atoms in total. The average Bonchev–Trinajstić information content (AvgIpc) is 2.40. The van der Waals surface area contributed by atoms with Crippen LogP contribution >= 0.6 is 11.6 Å². The number of piperazine rings is 1. The van der Waals surface area contributed by atoms with Crippen LogP contribution in [-0.4, -0.2) is 31.1 Å². The molecule has 20 heavy (non-hydrogen) atoms. The third-order valence-electron chi connectivity index (χ3n) is 3.75. The van der Waals surface area contributed by atoms with Crippen LogP contribution in [0.1, 0.15) is 26.3 Å². The van der Waals surface area contributed by atoms with Gasteiger partial charge in [-0.3, -0.25) is 4.79 Å². The van der Waals surface area contributed by atoms with Gasteiger partial charge in [-0.25, -0.2) is 0 Å². The van der Waals surface area contributed by atoms with Crippen molar-refractivity contribution in [2.24, 2.45) is 0 Å². The molecule has 1 aliphatic heterocycles. The molecule has 0 atom stereocenters. The van der Waals surface area contributed by atoms with Crippen molar-refractivity contribution in [1.82, 2.24) is 10.6 Å². The van der Waals surface area contributed by atoms with Gasteiger partial charge in [0.05, 0.1) is 0 Å². The van der Waals surface area contributed by atoms with Gasteiger partial charge in [0, 0.05) is 30.3 Å². The largest absolute Gasteiger partial charge is 0.355 e. The highest BCUT2D eigenvalue weighted by Gasteiger charge is 2.38. The average molecular weight is 296 g/mol. The van der Waals surface area contributed by atoms with E-state index in [1.807, 2.05) is 32.0 Å². The Morgan fingerprint density at radius 2 is 2.20 bits per heavy atom. The first-order chi connectivity index (χ1) is 9.46. The van der Waals surface area contributed by atoms with Gasteiger partial charge in [0.15, 0.2) is 0 Å². The molecular weight excluding hydrogens is 274 g/mol. The maximum atomic E-state index is 12.1. The number of rotatable bonds is 4. The lowest BCUT2D eigenvalue weighted by Crippen LogP contribution is -2.62. The van der Waals surface area contributed by atoms with Crippen LogP contribution < -0.4 is 15.5 Å². The highest BCUT2D eigenvalue weighted by molar-refractivity contribution is 6.30. The van der Waals surface area contributed by atoms with Gasteiger partial charge in [0.1, 0.15) is 5.54 Å². The Hall–Kier alpha value is -1.26. The summed E-state index contributed by atoms with van der Waals surface area (Å²) in [6, 6.07) is 5.87. The van der Waals surface area contributed by atoms with Crippen LogP contribution in [-0.2, 0) is 11.3 Å². The number of hydrogen-bond acceptors (Lipinski definition) is 3. The fraction of sp³-hybridized carbons (Fsp3) is 0.533. The number of carbonyl (C=O) groups is 1. The molecule has 1 amide bonds. The van der Waals surface area contributed by atoms with E-state index in [9.17, 15) is 4.79 Å². The quantitative estimate of drug-likeness (QED) is 0.895. The number of benzene rings is 1. The lowest BCUT2D eigenvalue weighted by Gasteiger charge is -2.43. The third kappa shape index (κ3) is 2.91. The Morgan fingerprint density at radius 1 is 1.45 bits per heavy atom. The van der Waals surface area contributed by atoms with Crippen molar-refractivity contribution >= 4 is 23.2 Å². The minimum atomic E-state index is -0.549. The van der Waals surface area contributed by atoms with E-state index >= 15 is 0 Å². The van der Waals surface area contributed by atoms with E-state index in [2.05, 4.69) is 22.5 Å². The Morgan fingerprint density at radius 3 is 2.90 bits per heavy atom. The summed E-state index contributed by atoms with van der Waals surface area (Å²) >= 11 is 6.11. The smallest absolute Gasteiger partial charge is 0.245 e. The summed E-state index contributed by atoms with van der Waals surface area (Å²) < 4.78 is 0. The van der Waals surface area contributed by atoms with Crippen molar-refractivity contribution in [1.29, 1.82) is 0 Å². The zero-order valence-electron chi connectivity index (χ0n) is 12.3. The minimum Gasteiger partial charge on any atom is -0.355 e.